The number of benzene rings is 1. The second kappa shape index (κ2) is 4.26. The molecule has 18 heavy (non-hydrogen) atoms. The number of nitrogens with zero attached hydrogens (tertiary/aromatic N) is 3. The second-order valence-corrected chi connectivity index (χ2v) is 4.64. The zero-order valence-corrected chi connectivity index (χ0v) is 10.6. The van der Waals surface area contributed by atoms with E-state index in [0.29, 0.717) is 0 Å². The molecule has 0 aliphatic rings. The SMILES string of the molecule is Cc1cccc(Cc2nnc3cccc(C)n23)c1. The normalized spacial score (nSPS) is 11.0. The van der Waals surface area contributed by atoms with Gasteiger partial charge < -0.3 is 0 Å². The lowest BCUT2D eigenvalue weighted by Crippen LogP contribution is -1.99. The smallest absolute Gasteiger partial charge is 0.160 e. The maximum atomic E-state index is 4.29. The number of pyridine rings is 1. The summed E-state index contributed by atoms with van der Waals surface area (Å²) in [6.45, 7) is 4.19. The van der Waals surface area contributed by atoms with E-state index in [0.717, 1.165) is 17.9 Å². The van der Waals surface area contributed by atoms with Crippen molar-refractivity contribution in [2.24, 2.45) is 0 Å². The molecule has 0 saturated heterocycles. The van der Waals surface area contributed by atoms with Crippen LogP contribution in [0.15, 0.2) is 42.5 Å². The van der Waals surface area contributed by atoms with Crippen molar-refractivity contribution in [2.45, 2.75) is 20.3 Å². The highest BCUT2D eigenvalue weighted by molar-refractivity contribution is 5.40. The lowest BCUT2D eigenvalue weighted by atomic mass is 10.1. The highest BCUT2D eigenvalue weighted by Crippen LogP contribution is 2.13. The third-order valence-corrected chi connectivity index (χ3v) is 3.14. The Bertz CT molecular complexity index is 698. The lowest BCUT2D eigenvalue weighted by molar-refractivity contribution is 0.914. The molecule has 2 aromatic heterocycles. The van der Waals surface area contributed by atoms with Gasteiger partial charge >= 0.3 is 0 Å². The van der Waals surface area contributed by atoms with E-state index in [2.05, 4.69) is 58.8 Å². The molecule has 3 aromatic rings. The van der Waals surface area contributed by atoms with E-state index in [9.17, 15) is 0 Å². The Morgan fingerprint density at radius 2 is 1.83 bits per heavy atom. The van der Waals surface area contributed by atoms with Gasteiger partial charge in [0.25, 0.3) is 0 Å². The van der Waals surface area contributed by atoms with E-state index in [4.69, 9.17) is 0 Å². The molecular weight excluding hydrogens is 222 g/mol. The van der Waals surface area contributed by atoms with Crippen molar-refractivity contribution in [2.75, 3.05) is 0 Å². The maximum absolute atomic E-state index is 4.29. The lowest BCUT2D eigenvalue weighted by Gasteiger charge is -2.04. The molecule has 0 fully saturated rings. The van der Waals surface area contributed by atoms with Gasteiger partial charge in [-0.25, -0.2) is 0 Å². The summed E-state index contributed by atoms with van der Waals surface area (Å²) in [7, 11) is 0. The van der Waals surface area contributed by atoms with Crippen LogP contribution in [0.5, 0.6) is 0 Å². The summed E-state index contributed by atoms with van der Waals surface area (Å²) in [5.41, 5.74) is 4.63. The van der Waals surface area contributed by atoms with Gasteiger partial charge in [0.05, 0.1) is 0 Å². The zero-order chi connectivity index (χ0) is 12.5. The Balaban J connectivity index is 2.05. The Morgan fingerprint density at radius 3 is 2.67 bits per heavy atom. The number of aromatic nitrogens is 3. The summed E-state index contributed by atoms with van der Waals surface area (Å²) in [4.78, 5) is 0. The predicted molar refractivity (Wildman–Crippen MR) is 71.7 cm³/mol. The summed E-state index contributed by atoms with van der Waals surface area (Å²) in [6.07, 6.45) is 0.813. The van der Waals surface area contributed by atoms with Crippen molar-refractivity contribution in [3.8, 4) is 0 Å². The molecule has 0 unspecified atom stereocenters. The number of hydrogen-bond donors (Lipinski definition) is 0. The fourth-order valence-electron chi connectivity index (χ4n) is 2.29. The van der Waals surface area contributed by atoms with Crippen LogP contribution in [0.3, 0.4) is 0 Å². The average Bonchev–Trinajstić information content (AvgIpc) is 2.74. The number of hydrogen-bond acceptors (Lipinski definition) is 2. The standard InChI is InChI=1S/C15H15N3/c1-11-5-3-7-13(9-11)10-15-17-16-14-8-4-6-12(2)18(14)15/h3-9H,10H2,1-2H3. The van der Waals surface area contributed by atoms with Crippen molar-refractivity contribution >= 4 is 5.65 Å². The molecule has 0 amide bonds. The molecule has 1 aromatic carbocycles. The Hall–Kier alpha value is -2.16. The fourth-order valence-corrected chi connectivity index (χ4v) is 2.29. The average molecular weight is 237 g/mol. The van der Waals surface area contributed by atoms with Crippen molar-refractivity contribution in [3.05, 3.63) is 65.1 Å². The van der Waals surface area contributed by atoms with Gasteiger partial charge in [-0.2, -0.15) is 0 Å². The molecule has 0 atom stereocenters. The van der Waals surface area contributed by atoms with Crippen LogP contribution in [-0.4, -0.2) is 14.6 Å². The molecular formula is C15H15N3. The minimum absolute atomic E-state index is 0.813. The van der Waals surface area contributed by atoms with Gasteiger partial charge in [-0.1, -0.05) is 35.9 Å². The van der Waals surface area contributed by atoms with E-state index in [-0.39, 0.29) is 0 Å². The summed E-state index contributed by atoms with van der Waals surface area (Å²) in [6, 6.07) is 14.6. The molecule has 3 heteroatoms. The molecule has 0 aliphatic carbocycles. The first kappa shape index (κ1) is 11.0. The molecule has 0 aliphatic heterocycles. The van der Waals surface area contributed by atoms with Crippen LogP contribution in [-0.2, 0) is 6.42 Å². The van der Waals surface area contributed by atoms with E-state index in [1.165, 1.54) is 16.8 Å². The third kappa shape index (κ3) is 1.88. The van der Waals surface area contributed by atoms with Crippen LogP contribution in [0.25, 0.3) is 5.65 Å². The summed E-state index contributed by atoms with van der Waals surface area (Å²) in [5, 5.41) is 8.51. The number of aryl methyl sites for hydroxylation is 2. The highest BCUT2D eigenvalue weighted by atomic mass is 15.2. The van der Waals surface area contributed by atoms with Gasteiger partial charge in [-0.15, -0.1) is 10.2 Å². The number of rotatable bonds is 2. The van der Waals surface area contributed by atoms with E-state index in [1.54, 1.807) is 0 Å². The Morgan fingerprint density at radius 1 is 1.00 bits per heavy atom. The van der Waals surface area contributed by atoms with Crippen LogP contribution in [0.2, 0.25) is 0 Å². The quantitative estimate of drug-likeness (QED) is 0.686. The van der Waals surface area contributed by atoms with Gasteiger partial charge in [0.15, 0.2) is 5.65 Å². The van der Waals surface area contributed by atoms with Crippen molar-refractivity contribution in [1.82, 2.24) is 14.6 Å². The van der Waals surface area contributed by atoms with E-state index < -0.39 is 0 Å². The topological polar surface area (TPSA) is 30.2 Å². The van der Waals surface area contributed by atoms with Crippen molar-refractivity contribution in [1.29, 1.82) is 0 Å². The second-order valence-electron chi connectivity index (χ2n) is 4.64. The molecule has 90 valence electrons. The highest BCUT2D eigenvalue weighted by Gasteiger charge is 2.07. The van der Waals surface area contributed by atoms with E-state index >= 15 is 0 Å². The minimum atomic E-state index is 0.813. The summed E-state index contributed by atoms with van der Waals surface area (Å²) < 4.78 is 2.11. The molecule has 0 spiro atoms. The van der Waals surface area contributed by atoms with E-state index in [1.807, 2.05) is 12.1 Å². The molecule has 3 rings (SSSR count). The van der Waals surface area contributed by atoms with Crippen LogP contribution in [0.4, 0.5) is 0 Å². The first-order valence-corrected chi connectivity index (χ1v) is 6.09. The summed E-state index contributed by atoms with van der Waals surface area (Å²) >= 11 is 0. The van der Waals surface area contributed by atoms with Crippen LogP contribution in [0, 0.1) is 13.8 Å². The van der Waals surface area contributed by atoms with Crippen LogP contribution in [0.1, 0.15) is 22.6 Å². The summed E-state index contributed by atoms with van der Waals surface area (Å²) in [5.74, 6) is 0.994. The third-order valence-electron chi connectivity index (χ3n) is 3.14. The Labute approximate surface area is 106 Å². The molecule has 0 bridgehead atoms. The van der Waals surface area contributed by atoms with Crippen molar-refractivity contribution in [3.63, 3.8) is 0 Å². The monoisotopic (exact) mass is 237 g/mol. The number of fused-ring (bicyclic) bond motifs is 1. The van der Waals surface area contributed by atoms with Crippen molar-refractivity contribution < 1.29 is 0 Å². The maximum Gasteiger partial charge on any atom is 0.160 e. The van der Waals surface area contributed by atoms with Gasteiger partial charge in [0, 0.05) is 12.1 Å². The molecule has 2 heterocycles. The minimum Gasteiger partial charge on any atom is -0.283 e. The largest absolute Gasteiger partial charge is 0.283 e. The molecule has 3 nitrogen and oxygen atoms in total. The van der Waals surface area contributed by atoms with Crippen LogP contribution < -0.4 is 0 Å². The first-order chi connectivity index (χ1) is 8.74. The van der Waals surface area contributed by atoms with Gasteiger partial charge in [0.2, 0.25) is 0 Å². The zero-order valence-electron chi connectivity index (χ0n) is 10.6. The molecule has 0 N–H and O–H groups in total. The first-order valence-electron chi connectivity index (χ1n) is 6.09. The Kier molecular flexibility index (Phi) is 2.59. The van der Waals surface area contributed by atoms with Gasteiger partial charge in [0.1, 0.15) is 5.82 Å². The predicted octanol–water partition coefficient (Wildman–Crippen LogP) is 2.94. The van der Waals surface area contributed by atoms with Gasteiger partial charge in [-0.05, 0) is 31.5 Å². The van der Waals surface area contributed by atoms with Crippen LogP contribution >= 0.6 is 0 Å². The molecule has 0 saturated carbocycles. The van der Waals surface area contributed by atoms with Gasteiger partial charge in [-0.3, -0.25) is 4.40 Å². The fraction of sp³-hybridized carbons (Fsp3) is 0.200. The molecule has 0 radical (unpaired) electrons.